The van der Waals surface area contributed by atoms with E-state index in [1.165, 1.54) is 5.56 Å². The van der Waals surface area contributed by atoms with Crippen molar-refractivity contribution < 1.29 is 4.79 Å². The van der Waals surface area contributed by atoms with E-state index in [-0.39, 0.29) is 0 Å². The average molecular weight is 283 g/mol. The van der Waals surface area contributed by atoms with Crippen LogP contribution in [0.1, 0.15) is 22.8 Å². The molecule has 0 spiro atoms. The van der Waals surface area contributed by atoms with Crippen LogP contribution < -0.4 is 4.90 Å². The second-order valence-corrected chi connectivity index (χ2v) is 5.69. The Balaban J connectivity index is 2.03. The maximum Gasteiger partial charge on any atom is 0.153 e. The number of hydrogen-bond donors (Lipinski definition) is 0. The fourth-order valence-corrected chi connectivity index (χ4v) is 2.81. The Kier molecular flexibility index (Phi) is 3.88. The van der Waals surface area contributed by atoms with Gasteiger partial charge in [0.2, 0.25) is 0 Å². The molecule has 4 nitrogen and oxygen atoms in total. The Morgan fingerprint density at radius 1 is 1.19 bits per heavy atom. The molecular weight excluding hydrogens is 262 g/mol. The van der Waals surface area contributed by atoms with Gasteiger partial charge in [0, 0.05) is 31.6 Å². The Morgan fingerprint density at radius 2 is 1.95 bits per heavy atom. The van der Waals surface area contributed by atoms with Crippen LogP contribution in [0.5, 0.6) is 0 Å². The van der Waals surface area contributed by atoms with Gasteiger partial charge in [-0.05, 0) is 37.2 Å². The molecule has 21 heavy (non-hydrogen) atoms. The van der Waals surface area contributed by atoms with Crippen molar-refractivity contribution in [3.05, 3.63) is 35.4 Å². The molecule has 1 aliphatic heterocycles. The van der Waals surface area contributed by atoms with Crippen molar-refractivity contribution in [2.24, 2.45) is 0 Å². The summed E-state index contributed by atoms with van der Waals surface area (Å²) in [7, 11) is 2.12. The molecule has 1 saturated heterocycles. The molecule has 0 unspecified atom stereocenters. The van der Waals surface area contributed by atoms with Crippen molar-refractivity contribution in [1.82, 2.24) is 9.88 Å². The van der Waals surface area contributed by atoms with Crippen LogP contribution in [0.3, 0.4) is 0 Å². The number of carbonyl (C=O) groups is 1. The van der Waals surface area contributed by atoms with Gasteiger partial charge in [0.25, 0.3) is 0 Å². The van der Waals surface area contributed by atoms with E-state index in [4.69, 9.17) is 4.98 Å². The summed E-state index contributed by atoms with van der Waals surface area (Å²) in [6.45, 7) is 5.99. The van der Waals surface area contributed by atoms with Crippen LogP contribution >= 0.6 is 0 Å². The predicted molar refractivity (Wildman–Crippen MR) is 86.2 cm³/mol. The van der Waals surface area contributed by atoms with Crippen LogP contribution in [0.2, 0.25) is 0 Å². The van der Waals surface area contributed by atoms with Crippen LogP contribution in [0.15, 0.2) is 24.3 Å². The lowest BCUT2D eigenvalue weighted by molar-refractivity contribution is 0.112. The summed E-state index contributed by atoms with van der Waals surface area (Å²) in [5.41, 5.74) is 2.93. The van der Waals surface area contributed by atoms with Crippen molar-refractivity contribution in [3.63, 3.8) is 0 Å². The van der Waals surface area contributed by atoms with Crippen LogP contribution in [0.25, 0.3) is 10.9 Å². The van der Waals surface area contributed by atoms with Crippen molar-refractivity contribution >= 4 is 23.0 Å². The fourth-order valence-electron chi connectivity index (χ4n) is 2.81. The van der Waals surface area contributed by atoms with Gasteiger partial charge < -0.3 is 9.80 Å². The lowest BCUT2D eigenvalue weighted by Gasteiger charge is -2.33. The zero-order valence-corrected chi connectivity index (χ0v) is 12.7. The summed E-state index contributed by atoms with van der Waals surface area (Å²) in [6.07, 6.45) is 1.92. The standard InChI is InChI=1S/C17H21N3O/c1-3-13-4-5-16-14(10-13)11-15(12-21)17(18-16)20-8-6-19(2)7-9-20/h4-5,10-12H,3,6-9H2,1-2H3. The van der Waals surface area contributed by atoms with E-state index in [0.29, 0.717) is 5.56 Å². The molecule has 3 rings (SSSR count). The number of aryl methyl sites for hydroxylation is 1. The maximum atomic E-state index is 11.5. The molecule has 2 heterocycles. The van der Waals surface area contributed by atoms with Gasteiger partial charge in [-0.25, -0.2) is 4.98 Å². The summed E-state index contributed by atoms with van der Waals surface area (Å²) < 4.78 is 0. The number of anilines is 1. The van der Waals surface area contributed by atoms with E-state index < -0.39 is 0 Å². The van der Waals surface area contributed by atoms with Crippen LogP contribution in [-0.2, 0) is 6.42 Å². The molecule has 4 heteroatoms. The molecule has 2 aromatic rings. The highest BCUT2D eigenvalue weighted by Crippen LogP contribution is 2.24. The third-order valence-electron chi connectivity index (χ3n) is 4.23. The van der Waals surface area contributed by atoms with Gasteiger partial charge in [0.1, 0.15) is 5.82 Å². The molecular formula is C17H21N3O. The number of hydrogen-bond acceptors (Lipinski definition) is 4. The van der Waals surface area contributed by atoms with Gasteiger partial charge in [-0.1, -0.05) is 13.0 Å². The van der Waals surface area contributed by atoms with Crippen molar-refractivity contribution in [2.75, 3.05) is 38.1 Å². The number of aldehydes is 1. The second-order valence-electron chi connectivity index (χ2n) is 5.69. The highest BCUT2D eigenvalue weighted by molar-refractivity contribution is 5.92. The van der Waals surface area contributed by atoms with Gasteiger partial charge in [0.05, 0.1) is 11.1 Å². The monoisotopic (exact) mass is 283 g/mol. The summed E-state index contributed by atoms with van der Waals surface area (Å²) >= 11 is 0. The Morgan fingerprint density at radius 3 is 2.62 bits per heavy atom. The number of pyridine rings is 1. The number of fused-ring (bicyclic) bond motifs is 1. The van der Waals surface area contributed by atoms with Crippen LogP contribution in [0, 0.1) is 0 Å². The van der Waals surface area contributed by atoms with E-state index in [1.54, 1.807) is 0 Å². The van der Waals surface area contributed by atoms with E-state index in [2.05, 4.69) is 42.0 Å². The molecule has 0 atom stereocenters. The molecule has 1 aromatic heterocycles. The molecule has 1 fully saturated rings. The summed E-state index contributed by atoms with van der Waals surface area (Å²) in [5.74, 6) is 0.829. The number of piperazine rings is 1. The lowest BCUT2D eigenvalue weighted by Crippen LogP contribution is -2.45. The molecule has 110 valence electrons. The molecule has 0 amide bonds. The number of aromatic nitrogens is 1. The molecule has 0 bridgehead atoms. The summed E-state index contributed by atoms with van der Waals surface area (Å²) in [4.78, 5) is 20.7. The number of rotatable bonds is 3. The van der Waals surface area contributed by atoms with Crippen LogP contribution in [-0.4, -0.2) is 49.4 Å². The molecule has 0 saturated carbocycles. The first kappa shape index (κ1) is 14.0. The number of benzene rings is 1. The molecule has 0 N–H and O–H groups in total. The predicted octanol–water partition coefficient (Wildman–Crippen LogP) is 2.36. The van der Waals surface area contributed by atoms with Gasteiger partial charge in [0.15, 0.2) is 6.29 Å². The minimum atomic E-state index is 0.695. The highest BCUT2D eigenvalue weighted by Gasteiger charge is 2.18. The van der Waals surface area contributed by atoms with Crippen LogP contribution in [0.4, 0.5) is 5.82 Å². The molecule has 1 aromatic carbocycles. The Bertz CT molecular complexity index is 660. The highest BCUT2D eigenvalue weighted by atomic mass is 16.1. The molecule has 1 aliphatic rings. The SMILES string of the molecule is CCc1ccc2nc(N3CCN(C)CC3)c(C=O)cc2c1. The summed E-state index contributed by atoms with van der Waals surface area (Å²) in [5, 5.41) is 1.05. The minimum Gasteiger partial charge on any atom is -0.353 e. The first-order valence-corrected chi connectivity index (χ1v) is 7.53. The zero-order chi connectivity index (χ0) is 14.8. The number of nitrogens with zero attached hydrogens (tertiary/aromatic N) is 3. The molecule has 0 aliphatic carbocycles. The Labute approximate surface area is 125 Å². The maximum absolute atomic E-state index is 11.5. The van der Waals surface area contributed by atoms with Gasteiger partial charge in [-0.3, -0.25) is 4.79 Å². The topological polar surface area (TPSA) is 36.4 Å². The minimum absolute atomic E-state index is 0.695. The van der Waals surface area contributed by atoms with Gasteiger partial charge in [-0.2, -0.15) is 0 Å². The van der Waals surface area contributed by atoms with Gasteiger partial charge >= 0.3 is 0 Å². The third-order valence-corrected chi connectivity index (χ3v) is 4.23. The second kappa shape index (κ2) is 5.82. The fraction of sp³-hybridized carbons (Fsp3) is 0.412. The van der Waals surface area contributed by atoms with E-state index in [0.717, 1.165) is 55.6 Å². The van der Waals surface area contributed by atoms with Gasteiger partial charge in [-0.15, -0.1) is 0 Å². The normalized spacial score (nSPS) is 16.4. The largest absolute Gasteiger partial charge is 0.353 e. The quantitative estimate of drug-likeness (QED) is 0.810. The van der Waals surface area contributed by atoms with Crippen molar-refractivity contribution in [1.29, 1.82) is 0 Å². The molecule has 0 radical (unpaired) electrons. The third kappa shape index (κ3) is 2.76. The smallest absolute Gasteiger partial charge is 0.153 e. The number of likely N-dealkylation sites (N-methyl/N-ethyl adjacent to an activating group) is 1. The summed E-state index contributed by atoms with van der Waals surface area (Å²) in [6, 6.07) is 8.28. The van der Waals surface area contributed by atoms with E-state index in [9.17, 15) is 4.79 Å². The average Bonchev–Trinajstić information content (AvgIpc) is 2.53. The first-order valence-electron chi connectivity index (χ1n) is 7.53. The van der Waals surface area contributed by atoms with Crippen molar-refractivity contribution in [3.8, 4) is 0 Å². The van der Waals surface area contributed by atoms with Crippen molar-refractivity contribution in [2.45, 2.75) is 13.3 Å². The lowest BCUT2D eigenvalue weighted by atomic mass is 10.1. The van der Waals surface area contributed by atoms with E-state index in [1.807, 2.05) is 6.07 Å². The first-order chi connectivity index (χ1) is 10.2. The Hall–Kier alpha value is -1.94. The zero-order valence-electron chi connectivity index (χ0n) is 12.7. The number of carbonyl (C=O) groups excluding carboxylic acids is 1. The van der Waals surface area contributed by atoms with E-state index >= 15 is 0 Å².